The highest BCUT2D eigenvalue weighted by molar-refractivity contribution is 5.91. The van der Waals surface area contributed by atoms with Crippen LogP contribution in [0.3, 0.4) is 0 Å². The van der Waals surface area contributed by atoms with E-state index in [1.807, 2.05) is 24.3 Å². The fourth-order valence-electron chi connectivity index (χ4n) is 2.49. The van der Waals surface area contributed by atoms with E-state index in [4.69, 9.17) is 0 Å². The molecule has 90 valence electrons. The van der Waals surface area contributed by atoms with E-state index in [-0.39, 0.29) is 11.7 Å². The zero-order valence-corrected chi connectivity index (χ0v) is 10.0. The molecule has 0 bridgehead atoms. The van der Waals surface area contributed by atoms with Gasteiger partial charge < -0.3 is 10.4 Å². The molecule has 0 radical (unpaired) electrons. The Morgan fingerprint density at radius 3 is 2.78 bits per heavy atom. The van der Waals surface area contributed by atoms with Crippen molar-refractivity contribution in [2.75, 3.05) is 5.32 Å². The van der Waals surface area contributed by atoms with Gasteiger partial charge in [0.1, 0.15) is 5.75 Å². The van der Waals surface area contributed by atoms with Gasteiger partial charge in [-0.25, -0.2) is 0 Å². The molecule has 18 heavy (non-hydrogen) atoms. The van der Waals surface area contributed by atoms with Gasteiger partial charge in [-0.2, -0.15) is 0 Å². The summed E-state index contributed by atoms with van der Waals surface area (Å²) in [6.07, 6.45) is 0.748. The normalized spacial score (nSPS) is 11.8. The van der Waals surface area contributed by atoms with Gasteiger partial charge in [0.2, 0.25) is 5.91 Å². The van der Waals surface area contributed by atoms with Gasteiger partial charge >= 0.3 is 0 Å². The molecule has 0 fully saturated rings. The predicted octanol–water partition coefficient (Wildman–Crippen LogP) is 2.92. The lowest BCUT2D eigenvalue weighted by Gasteiger charge is -2.08. The first-order valence-electron chi connectivity index (χ1n) is 5.87. The van der Waals surface area contributed by atoms with Crippen LogP contribution >= 0.6 is 0 Å². The van der Waals surface area contributed by atoms with Crippen LogP contribution in [0, 0.1) is 0 Å². The summed E-state index contributed by atoms with van der Waals surface area (Å²) in [5.41, 5.74) is 4.92. The lowest BCUT2D eigenvalue weighted by atomic mass is 10.0. The molecular formula is C15H13NO2. The first kappa shape index (κ1) is 10.8. The molecule has 0 saturated heterocycles. The Kier molecular flexibility index (Phi) is 2.33. The van der Waals surface area contributed by atoms with Gasteiger partial charge in [-0.1, -0.05) is 24.3 Å². The van der Waals surface area contributed by atoms with Crippen LogP contribution in [-0.2, 0) is 11.2 Å². The van der Waals surface area contributed by atoms with Crippen LogP contribution in [0.5, 0.6) is 5.75 Å². The molecular weight excluding hydrogens is 226 g/mol. The molecule has 0 spiro atoms. The number of carbonyl (C=O) groups excluding carboxylic acids is 1. The summed E-state index contributed by atoms with van der Waals surface area (Å²) in [5, 5.41) is 12.8. The maximum atomic E-state index is 11.1. The van der Waals surface area contributed by atoms with E-state index in [9.17, 15) is 9.90 Å². The third-order valence-electron chi connectivity index (χ3n) is 3.22. The fourth-order valence-corrected chi connectivity index (χ4v) is 2.49. The van der Waals surface area contributed by atoms with Crippen LogP contribution in [0.1, 0.15) is 18.1 Å². The van der Waals surface area contributed by atoms with Gasteiger partial charge in [0.15, 0.2) is 0 Å². The number of amides is 1. The van der Waals surface area contributed by atoms with E-state index in [0.29, 0.717) is 5.69 Å². The number of hydrogen-bond acceptors (Lipinski definition) is 2. The first-order chi connectivity index (χ1) is 8.65. The van der Waals surface area contributed by atoms with Crippen molar-refractivity contribution in [3.63, 3.8) is 0 Å². The van der Waals surface area contributed by atoms with Crippen molar-refractivity contribution in [2.45, 2.75) is 13.3 Å². The summed E-state index contributed by atoms with van der Waals surface area (Å²) in [5.74, 6) is 0.105. The number of fused-ring (bicyclic) bond motifs is 3. The summed E-state index contributed by atoms with van der Waals surface area (Å²) in [6, 6.07) is 11.6. The number of phenols is 1. The van der Waals surface area contributed by atoms with E-state index in [2.05, 4.69) is 11.4 Å². The number of nitrogens with one attached hydrogen (secondary N) is 1. The Balaban J connectivity index is 2.15. The largest absolute Gasteiger partial charge is 0.508 e. The first-order valence-corrected chi connectivity index (χ1v) is 5.87. The zero-order valence-electron chi connectivity index (χ0n) is 10.0. The highest BCUT2D eigenvalue weighted by Crippen LogP contribution is 2.42. The van der Waals surface area contributed by atoms with Crippen molar-refractivity contribution in [3.05, 3.63) is 47.5 Å². The molecule has 1 aliphatic rings. The zero-order chi connectivity index (χ0) is 12.7. The molecule has 1 aliphatic carbocycles. The van der Waals surface area contributed by atoms with Crippen molar-refractivity contribution in [1.29, 1.82) is 0 Å². The van der Waals surface area contributed by atoms with Gasteiger partial charge in [0.05, 0.1) is 0 Å². The van der Waals surface area contributed by atoms with Gasteiger partial charge in [0.25, 0.3) is 0 Å². The van der Waals surface area contributed by atoms with Gasteiger partial charge in [-0.15, -0.1) is 0 Å². The molecule has 0 saturated carbocycles. The standard InChI is InChI=1S/C15H13NO2/c1-9(17)16-11-7-13-12-5-3-2-4-10(12)6-14(13)15(18)8-11/h2-5,7-8,18H,6H2,1H3,(H,16,17). The number of rotatable bonds is 1. The number of benzene rings is 2. The van der Waals surface area contributed by atoms with Crippen molar-refractivity contribution in [1.82, 2.24) is 0 Å². The Labute approximate surface area is 105 Å². The van der Waals surface area contributed by atoms with Crippen LogP contribution in [0.15, 0.2) is 36.4 Å². The molecule has 0 heterocycles. The molecule has 1 amide bonds. The van der Waals surface area contributed by atoms with E-state index in [1.165, 1.54) is 12.5 Å². The third kappa shape index (κ3) is 1.64. The Morgan fingerprint density at radius 2 is 2.00 bits per heavy atom. The minimum absolute atomic E-state index is 0.138. The summed E-state index contributed by atoms with van der Waals surface area (Å²) < 4.78 is 0. The van der Waals surface area contributed by atoms with Crippen molar-refractivity contribution in [3.8, 4) is 16.9 Å². The molecule has 0 aromatic heterocycles. The van der Waals surface area contributed by atoms with Crippen molar-refractivity contribution in [2.24, 2.45) is 0 Å². The molecule has 0 unspecified atom stereocenters. The predicted molar refractivity (Wildman–Crippen MR) is 70.7 cm³/mol. The molecule has 2 N–H and O–H groups in total. The van der Waals surface area contributed by atoms with E-state index in [1.54, 1.807) is 6.07 Å². The number of anilines is 1. The summed E-state index contributed by atoms with van der Waals surface area (Å²) in [6.45, 7) is 1.46. The lowest BCUT2D eigenvalue weighted by Crippen LogP contribution is -2.05. The number of hydrogen-bond donors (Lipinski definition) is 2. The van der Waals surface area contributed by atoms with E-state index >= 15 is 0 Å². The quantitative estimate of drug-likeness (QED) is 0.686. The van der Waals surface area contributed by atoms with Crippen molar-refractivity contribution < 1.29 is 9.90 Å². The van der Waals surface area contributed by atoms with E-state index in [0.717, 1.165) is 23.1 Å². The maximum absolute atomic E-state index is 11.1. The second-order valence-corrected chi connectivity index (χ2v) is 4.54. The second kappa shape index (κ2) is 3.88. The average molecular weight is 239 g/mol. The Bertz CT molecular complexity index is 647. The van der Waals surface area contributed by atoms with Crippen LogP contribution < -0.4 is 5.32 Å². The Morgan fingerprint density at radius 1 is 1.22 bits per heavy atom. The van der Waals surface area contributed by atoms with Gasteiger partial charge in [-0.05, 0) is 22.8 Å². The minimum Gasteiger partial charge on any atom is -0.508 e. The van der Waals surface area contributed by atoms with Crippen LogP contribution in [-0.4, -0.2) is 11.0 Å². The molecule has 0 atom stereocenters. The summed E-state index contributed by atoms with van der Waals surface area (Å²) in [7, 11) is 0. The molecule has 0 aliphatic heterocycles. The highest BCUT2D eigenvalue weighted by atomic mass is 16.3. The fraction of sp³-hybridized carbons (Fsp3) is 0.133. The third-order valence-corrected chi connectivity index (χ3v) is 3.22. The lowest BCUT2D eigenvalue weighted by molar-refractivity contribution is -0.114. The molecule has 3 rings (SSSR count). The van der Waals surface area contributed by atoms with Gasteiger partial charge in [0, 0.05) is 30.7 Å². The second-order valence-electron chi connectivity index (χ2n) is 4.54. The number of phenolic OH excluding ortho intramolecular Hbond substituents is 1. The highest BCUT2D eigenvalue weighted by Gasteiger charge is 2.21. The maximum Gasteiger partial charge on any atom is 0.221 e. The van der Waals surface area contributed by atoms with Crippen LogP contribution in [0.25, 0.3) is 11.1 Å². The monoisotopic (exact) mass is 239 g/mol. The summed E-state index contributed by atoms with van der Waals surface area (Å²) >= 11 is 0. The minimum atomic E-state index is -0.138. The SMILES string of the molecule is CC(=O)Nc1cc(O)c2c(c1)-c1ccccc1C2. The molecule has 2 aromatic carbocycles. The van der Waals surface area contributed by atoms with Crippen molar-refractivity contribution >= 4 is 11.6 Å². The average Bonchev–Trinajstić information content (AvgIpc) is 2.68. The van der Waals surface area contributed by atoms with Crippen LogP contribution in [0.4, 0.5) is 5.69 Å². The van der Waals surface area contributed by atoms with E-state index < -0.39 is 0 Å². The van der Waals surface area contributed by atoms with Crippen LogP contribution in [0.2, 0.25) is 0 Å². The summed E-state index contributed by atoms with van der Waals surface area (Å²) in [4.78, 5) is 11.1. The molecule has 3 heteroatoms. The number of aromatic hydroxyl groups is 1. The Hall–Kier alpha value is -2.29. The molecule has 2 aromatic rings. The molecule has 3 nitrogen and oxygen atoms in total. The smallest absolute Gasteiger partial charge is 0.221 e. The topological polar surface area (TPSA) is 49.3 Å². The van der Waals surface area contributed by atoms with Gasteiger partial charge in [-0.3, -0.25) is 4.79 Å². The number of carbonyl (C=O) groups is 1.